The van der Waals surface area contributed by atoms with E-state index in [9.17, 15) is 4.79 Å². The van der Waals surface area contributed by atoms with Crippen LogP contribution in [-0.2, 0) is 4.74 Å². The van der Waals surface area contributed by atoms with Gasteiger partial charge < -0.3 is 9.64 Å². The van der Waals surface area contributed by atoms with Gasteiger partial charge in [-0.15, -0.1) is 0 Å². The van der Waals surface area contributed by atoms with E-state index in [0.29, 0.717) is 0 Å². The summed E-state index contributed by atoms with van der Waals surface area (Å²) in [5, 5.41) is 0. The van der Waals surface area contributed by atoms with E-state index in [-0.39, 0.29) is 17.4 Å². The molecule has 1 amide bonds. The third-order valence-corrected chi connectivity index (χ3v) is 4.82. The van der Waals surface area contributed by atoms with Crippen molar-refractivity contribution in [3.8, 4) is 0 Å². The fraction of sp³-hybridized carbons (Fsp3) is 0.462. The first-order valence-electron chi connectivity index (χ1n) is 5.90. The van der Waals surface area contributed by atoms with Gasteiger partial charge in [0.05, 0.1) is 11.6 Å². The predicted molar refractivity (Wildman–Crippen MR) is 67.2 cm³/mol. The second kappa shape index (κ2) is 4.35. The first-order valence-corrected chi connectivity index (χ1v) is 6.78. The monoisotopic (exact) mass is 249 g/mol. The normalized spacial score (nSPS) is 27.6. The second-order valence-corrected chi connectivity index (χ2v) is 5.57. The number of benzene rings is 1. The summed E-state index contributed by atoms with van der Waals surface area (Å²) in [6.07, 6.45) is 2.13. The number of hydrogen-bond acceptors (Lipinski definition) is 3. The van der Waals surface area contributed by atoms with E-state index in [0.717, 1.165) is 29.8 Å². The lowest BCUT2D eigenvalue weighted by Gasteiger charge is -2.27. The zero-order chi connectivity index (χ0) is 11.8. The van der Waals surface area contributed by atoms with E-state index in [1.54, 1.807) is 18.9 Å². The van der Waals surface area contributed by atoms with E-state index in [2.05, 4.69) is 0 Å². The molecule has 2 atom stereocenters. The van der Waals surface area contributed by atoms with Gasteiger partial charge in [-0.2, -0.15) is 0 Å². The minimum Gasteiger partial charge on any atom is -0.368 e. The van der Waals surface area contributed by atoms with Gasteiger partial charge in [-0.25, -0.2) is 0 Å². The molecule has 1 fully saturated rings. The molecule has 2 unspecified atom stereocenters. The maximum Gasteiger partial charge on any atom is 0.255 e. The van der Waals surface area contributed by atoms with Crippen LogP contribution in [0, 0.1) is 0 Å². The van der Waals surface area contributed by atoms with Gasteiger partial charge in [-0.1, -0.05) is 23.9 Å². The molecule has 2 heterocycles. The van der Waals surface area contributed by atoms with Crippen molar-refractivity contribution >= 4 is 17.7 Å². The number of carbonyl (C=O) groups excluding carboxylic acids is 1. The molecule has 1 aromatic rings. The molecule has 2 aliphatic rings. The summed E-state index contributed by atoms with van der Waals surface area (Å²) in [6.45, 7) is 0.859. The van der Waals surface area contributed by atoms with E-state index in [1.165, 1.54) is 0 Å². The Bertz CT molecular complexity index is 449. The molecule has 1 aromatic carbocycles. The molecular weight excluding hydrogens is 234 g/mol. The van der Waals surface area contributed by atoms with Gasteiger partial charge in [-0.05, 0) is 25.0 Å². The molecule has 17 heavy (non-hydrogen) atoms. The average Bonchev–Trinajstić information content (AvgIpc) is 2.81. The first kappa shape index (κ1) is 11.1. The maximum atomic E-state index is 12.4. The zero-order valence-corrected chi connectivity index (χ0v) is 10.6. The Hall–Kier alpha value is -1.00. The van der Waals surface area contributed by atoms with E-state index < -0.39 is 0 Å². The third-order valence-electron chi connectivity index (χ3n) is 3.47. The molecule has 0 saturated carbocycles. The summed E-state index contributed by atoms with van der Waals surface area (Å²) in [6, 6.07) is 8.05. The summed E-state index contributed by atoms with van der Waals surface area (Å²) in [4.78, 5) is 15.5. The molecule has 4 heteroatoms. The Morgan fingerprint density at radius 1 is 1.41 bits per heavy atom. The molecule has 0 bridgehead atoms. The van der Waals surface area contributed by atoms with Gasteiger partial charge in [0.1, 0.15) is 5.44 Å². The van der Waals surface area contributed by atoms with Crippen LogP contribution in [0.25, 0.3) is 0 Å². The summed E-state index contributed by atoms with van der Waals surface area (Å²) in [5.74, 6) is 0.162. The summed E-state index contributed by atoms with van der Waals surface area (Å²) >= 11 is 1.67. The number of rotatable bonds is 1. The minimum absolute atomic E-state index is 0.0603. The Morgan fingerprint density at radius 3 is 3.06 bits per heavy atom. The van der Waals surface area contributed by atoms with Gasteiger partial charge in [0, 0.05) is 18.6 Å². The van der Waals surface area contributed by atoms with Crippen molar-refractivity contribution in [3.63, 3.8) is 0 Å². The van der Waals surface area contributed by atoms with E-state index in [1.807, 2.05) is 29.2 Å². The molecule has 0 aromatic heterocycles. The largest absolute Gasteiger partial charge is 0.368 e. The SMILES string of the molecule is COC1Sc2ccccc2C(=O)N2CCCC12. The number of thioether (sulfide) groups is 1. The molecule has 90 valence electrons. The van der Waals surface area contributed by atoms with Crippen molar-refractivity contribution in [1.29, 1.82) is 0 Å². The van der Waals surface area contributed by atoms with Crippen molar-refractivity contribution in [2.24, 2.45) is 0 Å². The lowest BCUT2D eigenvalue weighted by Crippen LogP contribution is -2.40. The zero-order valence-electron chi connectivity index (χ0n) is 9.76. The lowest BCUT2D eigenvalue weighted by atomic mass is 10.2. The maximum absolute atomic E-state index is 12.4. The lowest BCUT2D eigenvalue weighted by molar-refractivity contribution is 0.0578. The molecule has 0 radical (unpaired) electrons. The van der Waals surface area contributed by atoms with Crippen LogP contribution in [-0.4, -0.2) is 35.9 Å². The van der Waals surface area contributed by atoms with Crippen LogP contribution in [0.1, 0.15) is 23.2 Å². The molecule has 0 N–H and O–H groups in total. The third kappa shape index (κ3) is 1.76. The highest BCUT2D eigenvalue weighted by atomic mass is 32.2. The van der Waals surface area contributed by atoms with Crippen LogP contribution in [0.4, 0.5) is 0 Å². The molecule has 1 saturated heterocycles. The van der Waals surface area contributed by atoms with Gasteiger partial charge in [0.15, 0.2) is 0 Å². The Kier molecular flexibility index (Phi) is 2.84. The Morgan fingerprint density at radius 2 is 2.24 bits per heavy atom. The second-order valence-electron chi connectivity index (χ2n) is 4.43. The number of ether oxygens (including phenoxy) is 1. The topological polar surface area (TPSA) is 29.5 Å². The van der Waals surface area contributed by atoms with Gasteiger partial charge in [0.2, 0.25) is 0 Å². The minimum atomic E-state index is 0.0603. The first-order chi connectivity index (χ1) is 8.31. The van der Waals surface area contributed by atoms with Gasteiger partial charge in [-0.3, -0.25) is 4.79 Å². The van der Waals surface area contributed by atoms with Crippen LogP contribution in [0.2, 0.25) is 0 Å². The highest BCUT2D eigenvalue weighted by molar-refractivity contribution is 8.00. The Labute approximate surface area is 105 Å². The smallest absolute Gasteiger partial charge is 0.255 e. The molecule has 0 spiro atoms. The highest BCUT2D eigenvalue weighted by Crippen LogP contribution is 2.39. The fourth-order valence-corrected chi connectivity index (χ4v) is 3.86. The molecule has 3 nitrogen and oxygen atoms in total. The average molecular weight is 249 g/mol. The standard InChI is InChI=1S/C13H15NO2S/c1-16-13-10-6-4-8-14(10)12(15)9-5-2-3-7-11(9)17-13/h2-3,5,7,10,13H,4,6,8H2,1H3. The number of amides is 1. The molecular formula is C13H15NO2S. The van der Waals surface area contributed by atoms with Crippen LogP contribution in [0.3, 0.4) is 0 Å². The van der Waals surface area contributed by atoms with Crippen molar-refractivity contribution in [2.75, 3.05) is 13.7 Å². The van der Waals surface area contributed by atoms with E-state index in [4.69, 9.17) is 4.74 Å². The number of hydrogen-bond donors (Lipinski definition) is 0. The van der Waals surface area contributed by atoms with Gasteiger partial charge >= 0.3 is 0 Å². The summed E-state index contributed by atoms with van der Waals surface area (Å²) < 4.78 is 5.56. The number of nitrogens with zero attached hydrogens (tertiary/aromatic N) is 1. The molecule has 3 rings (SSSR count). The Balaban J connectivity index is 2.06. The molecule has 2 aliphatic heterocycles. The van der Waals surface area contributed by atoms with Crippen LogP contribution >= 0.6 is 11.8 Å². The van der Waals surface area contributed by atoms with Gasteiger partial charge in [0.25, 0.3) is 5.91 Å². The van der Waals surface area contributed by atoms with Crippen molar-refractivity contribution in [2.45, 2.75) is 29.2 Å². The number of fused-ring (bicyclic) bond motifs is 2. The van der Waals surface area contributed by atoms with Crippen LogP contribution in [0.15, 0.2) is 29.2 Å². The van der Waals surface area contributed by atoms with Crippen molar-refractivity contribution in [1.82, 2.24) is 4.90 Å². The molecule has 0 aliphatic carbocycles. The fourth-order valence-electron chi connectivity index (χ4n) is 2.64. The predicted octanol–water partition coefficient (Wildman–Crippen LogP) is 2.37. The highest BCUT2D eigenvalue weighted by Gasteiger charge is 2.39. The number of methoxy groups -OCH3 is 1. The summed E-state index contributed by atoms with van der Waals surface area (Å²) in [7, 11) is 1.73. The van der Waals surface area contributed by atoms with Crippen molar-refractivity contribution < 1.29 is 9.53 Å². The van der Waals surface area contributed by atoms with Crippen LogP contribution in [0.5, 0.6) is 0 Å². The number of carbonyl (C=O) groups is 1. The van der Waals surface area contributed by atoms with Crippen LogP contribution < -0.4 is 0 Å². The van der Waals surface area contributed by atoms with Crippen molar-refractivity contribution in [3.05, 3.63) is 29.8 Å². The van der Waals surface area contributed by atoms with E-state index >= 15 is 0 Å². The summed E-state index contributed by atoms with van der Waals surface area (Å²) in [5.41, 5.74) is 0.883. The quantitative estimate of drug-likeness (QED) is 0.765.